The van der Waals surface area contributed by atoms with Crippen molar-refractivity contribution in [3.63, 3.8) is 0 Å². The molecule has 1 saturated heterocycles. The van der Waals surface area contributed by atoms with E-state index in [4.69, 9.17) is 4.42 Å². The van der Waals surface area contributed by atoms with Gasteiger partial charge in [-0.15, -0.1) is 0 Å². The summed E-state index contributed by atoms with van der Waals surface area (Å²) in [6.07, 6.45) is 5.26. The summed E-state index contributed by atoms with van der Waals surface area (Å²) in [5.41, 5.74) is -0.676. The smallest absolute Gasteiger partial charge is 0.312 e. The zero-order chi connectivity index (χ0) is 28.8. The monoisotopic (exact) mass is 546 g/mol. The predicted octanol–water partition coefficient (Wildman–Crippen LogP) is 4.65. The van der Waals surface area contributed by atoms with Gasteiger partial charge in [0.05, 0.1) is 0 Å². The standard InChI is InChI=1S/C31H38N4O5/c1-4-12-27(36)34-20-19-30(29(38)39,18-11-15-23-13-7-6-8-14-23)31(28(37)32-3,35(34)5-2)25-17-10-9-16-24(25)26-21-40-22-33-26/h6-10,13-14,16-17,21-22H,4-5,11-12,15,18-20H2,1-3H3,(H,32,37)(H,38,39)/t30-,31-/m1/s1. The van der Waals surface area contributed by atoms with Crippen molar-refractivity contribution in [2.75, 3.05) is 20.1 Å². The van der Waals surface area contributed by atoms with Crippen LogP contribution in [0.5, 0.6) is 0 Å². The molecule has 212 valence electrons. The maximum Gasteiger partial charge on any atom is 0.312 e. The first kappa shape index (κ1) is 29.0. The molecular formula is C31H38N4O5. The summed E-state index contributed by atoms with van der Waals surface area (Å²) in [6, 6.07) is 17.1. The molecule has 2 N–H and O–H groups in total. The topological polar surface area (TPSA) is 116 Å². The molecule has 0 spiro atoms. The van der Waals surface area contributed by atoms with Gasteiger partial charge in [0, 0.05) is 32.1 Å². The van der Waals surface area contributed by atoms with Gasteiger partial charge >= 0.3 is 5.97 Å². The first-order valence-electron chi connectivity index (χ1n) is 13.9. The zero-order valence-electron chi connectivity index (χ0n) is 23.4. The number of aromatic nitrogens is 1. The SMILES string of the molecule is CCCC(=O)N1CC[C@](CCCc2ccccc2)(C(=O)O)[C@](C(=O)NC)(c2ccccc2-c2cocn2)N1CC. The van der Waals surface area contributed by atoms with Crippen LogP contribution in [0, 0.1) is 5.41 Å². The van der Waals surface area contributed by atoms with Crippen LogP contribution in [-0.2, 0) is 26.3 Å². The van der Waals surface area contributed by atoms with Crippen LogP contribution in [0.4, 0.5) is 0 Å². The van der Waals surface area contributed by atoms with Gasteiger partial charge in [-0.3, -0.25) is 19.4 Å². The minimum atomic E-state index is -1.75. The largest absolute Gasteiger partial charge is 0.481 e. The van der Waals surface area contributed by atoms with Gasteiger partial charge in [0.1, 0.15) is 17.4 Å². The van der Waals surface area contributed by atoms with Crippen molar-refractivity contribution in [1.29, 1.82) is 0 Å². The molecule has 2 amide bonds. The number of nitrogens with one attached hydrogen (secondary N) is 1. The van der Waals surface area contributed by atoms with Crippen molar-refractivity contribution in [1.82, 2.24) is 20.3 Å². The van der Waals surface area contributed by atoms with Crippen LogP contribution in [0.3, 0.4) is 0 Å². The van der Waals surface area contributed by atoms with E-state index in [1.54, 1.807) is 22.2 Å². The van der Waals surface area contributed by atoms with Gasteiger partial charge in [0.2, 0.25) is 11.8 Å². The van der Waals surface area contributed by atoms with Crippen molar-refractivity contribution >= 4 is 17.8 Å². The molecule has 0 aliphatic carbocycles. The maximum absolute atomic E-state index is 14.5. The number of aliphatic carboxylic acids is 1. The number of benzene rings is 2. The van der Waals surface area contributed by atoms with Gasteiger partial charge in [-0.2, -0.15) is 5.01 Å². The number of carboxylic acid groups (broad SMARTS) is 1. The Morgan fingerprint density at radius 3 is 2.42 bits per heavy atom. The Hall–Kier alpha value is -3.98. The summed E-state index contributed by atoms with van der Waals surface area (Å²) in [6.45, 7) is 4.22. The van der Waals surface area contributed by atoms with Gasteiger partial charge in [-0.05, 0) is 43.2 Å². The molecule has 2 heterocycles. The van der Waals surface area contributed by atoms with E-state index >= 15 is 0 Å². The van der Waals surface area contributed by atoms with Gasteiger partial charge in [-0.1, -0.05) is 68.4 Å². The maximum atomic E-state index is 14.5. The summed E-state index contributed by atoms with van der Waals surface area (Å²) in [4.78, 5) is 45.9. The lowest BCUT2D eigenvalue weighted by atomic mass is 9.58. The average molecular weight is 547 g/mol. The Bertz CT molecular complexity index is 1310. The van der Waals surface area contributed by atoms with Crippen molar-refractivity contribution < 1.29 is 23.9 Å². The van der Waals surface area contributed by atoms with E-state index in [0.29, 0.717) is 42.5 Å². The summed E-state index contributed by atoms with van der Waals surface area (Å²) in [5, 5.41) is 17.2. The van der Waals surface area contributed by atoms with Crippen LogP contribution in [0.15, 0.2) is 71.7 Å². The number of hydrogen-bond donors (Lipinski definition) is 2. The molecule has 0 radical (unpaired) electrons. The van der Waals surface area contributed by atoms with Gasteiger partial charge < -0.3 is 14.8 Å². The molecule has 1 aromatic heterocycles. The number of carbonyl (C=O) groups is 3. The lowest BCUT2D eigenvalue weighted by molar-refractivity contribution is -0.221. The minimum absolute atomic E-state index is 0.115. The summed E-state index contributed by atoms with van der Waals surface area (Å²) in [5.74, 6) is -1.69. The lowest BCUT2D eigenvalue weighted by Gasteiger charge is -2.59. The molecule has 4 rings (SSSR count). The number of hydrazine groups is 1. The number of amides is 2. The fraction of sp³-hybridized carbons (Fsp3) is 0.419. The van der Waals surface area contributed by atoms with Crippen LogP contribution < -0.4 is 5.32 Å². The molecule has 9 heteroatoms. The Balaban J connectivity index is 1.99. The van der Waals surface area contributed by atoms with Gasteiger partial charge in [0.25, 0.3) is 0 Å². The third-order valence-electron chi connectivity index (χ3n) is 8.07. The van der Waals surface area contributed by atoms with E-state index in [2.05, 4.69) is 10.3 Å². The van der Waals surface area contributed by atoms with Crippen LogP contribution in [0.2, 0.25) is 0 Å². The highest BCUT2D eigenvalue weighted by atomic mass is 16.4. The molecule has 1 aliphatic heterocycles. The number of likely N-dealkylation sites (N-methyl/N-ethyl adjacent to an activating group) is 2. The minimum Gasteiger partial charge on any atom is -0.481 e. The van der Waals surface area contributed by atoms with E-state index in [-0.39, 0.29) is 31.8 Å². The fourth-order valence-corrected chi connectivity index (χ4v) is 6.35. The highest BCUT2D eigenvalue weighted by Crippen LogP contribution is 2.56. The number of oxazole rings is 1. The fourth-order valence-electron chi connectivity index (χ4n) is 6.35. The number of rotatable bonds is 11. The van der Waals surface area contributed by atoms with Crippen LogP contribution in [0.1, 0.15) is 57.1 Å². The molecule has 1 fully saturated rings. The van der Waals surface area contributed by atoms with Gasteiger partial charge in [0.15, 0.2) is 11.9 Å². The summed E-state index contributed by atoms with van der Waals surface area (Å²) >= 11 is 0. The molecule has 0 bridgehead atoms. The quantitative estimate of drug-likeness (QED) is 0.360. The van der Waals surface area contributed by atoms with E-state index in [0.717, 1.165) is 5.56 Å². The first-order valence-corrected chi connectivity index (χ1v) is 13.9. The molecule has 3 aromatic rings. The third kappa shape index (κ3) is 4.90. The van der Waals surface area contributed by atoms with E-state index < -0.39 is 22.8 Å². The summed E-state index contributed by atoms with van der Waals surface area (Å²) < 4.78 is 5.28. The predicted molar refractivity (Wildman–Crippen MR) is 151 cm³/mol. The van der Waals surface area contributed by atoms with E-state index in [1.807, 2.05) is 56.3 Å². The highest BCUT2D eigenvalue weighted by Gasteiger charge is 2.68. The van der Waals surface area contributed by atoms with Gasteiger partial charge in [-0.25, -0.2) is 4.98 Å². The second-order valence-electron chi connectivity index (χ2n) is 10.2. The zero-order valence-corrected chi connectivity index (χ0v) is 23.4. The number of carboxylic acids is 1. The molecule has 40 heavy (non-hydrogen) atoms. The number of nitrogens with zero attached hydrogens (tertiary/aromatic N) is 3. The molecular weight excluding hydrogens is 508 g/mol. The molecule has 1 aliphatic rings. The normalized spacial score (nSPS) is 21.2. The Morgan fingerprint density at radius 2 is 1.80 bits per heavy atom. The second kappa shape index (κ2) is 12.5. The first-order chi connectivity index (χ1) is 19.4. The van der Waals surface area contributed by atoms with E-state index in [1.165, 1.54) is 19.7 Å². The van der Waals surface area contributed by atoms with Crippen molar-refractivity contribution in [3.8, 4) is 11.3 Å². The number of aryl methyl sites for hydroxylation is 1. The van der Waals surface area contributed by atoms with Crippen molar-refractivity contribution in [2.24, 2.45) is 5.41 Å². The highest BCUT2D eigenvalue weighted by molar-refractivity contribution is 5.97. The Morgan fingerprint density at radius 1 is 1.07 bits per heavy atom. The van der Waals surface area contributed by atoms with E-state index in [9.17, 15) is 19.5 Å². The second-order valence-corrected chi connectivity index (χ2v) is 10.2. The lowest BCUT2D eigenvalue weighted by Crippen LogP contribution is -2.75. The average Bonchev–Trinajstić information content (AvgIpc) is 3.52. The number of carbonyl (C=O) groups excluding carboxylic acids is 2. The Kier molecular flexibility index (Phi) is 9.04. The molecule has 0 saturated carbocycles. The molecule has 9 nitrogen and oxygen atoms in total. The molecule has 2 atom stereocenters. The number of hydrogen-bond acceptors (Lipinski definition) is 6. The summed E-state index contributed by atoms with van der Waals surface area (Å²) in [7, 11) is 1.51. The molecule has 0 unspecified atom stereocenters. The third-order valence-corrected chi connectivity index (χ3v) is 8.07. The van der Waals surface area contributed by atoms with Crippen LogP contribution in [0.25, 0.3) is 11.3 Å². The van der Waals surface area contributed by atoms with Crippen molar-refractivity contribution in [3.05, 3.63) is 78.4 Å². The van der Waals surface area contributed by atoms with Crippen LogP contribution >= 0.6 is 0 Å². The Labute approximate surface area is 235 Å². The molecule has 2 aromatic carbocycles. The van der Waals surface area contributed by atoms with Crippen LogP contribution in [-0.4, -0.2) is 58.0 Å². The van der Waals surface area contributed by atoms with Crippen molar-refractivity contribution in [2.45, 2.75) is 57.9 Å².